The average Bonchev–Trinajstić information content (AvgIpc) is 2.36. The van der Waals surface area contributed by atoms with Gasteiger partial charge in [0.05, 0.1) is 5.52 Å². The minimum absolute atomic E-state index is 0.213. The van der Waals surface area contributed by atoms with Crippen molar-refractivity contribution in [2.75, 3.05) is 11.9 Å². The van der Waals surface area contributed by atoms with Gasteiger partial charge in [0, 0.05) is 23.3 Å². The van der Waals surface area contributed by atoms with Gasteiger partial charge in [0.15, 0.2) is 0 Å². The van der Waals surface area contributed by atoms with Crippen LogP contribution in [-0.2, 0) is 6.42 Å². The van der Waals surface area contributed by atoms with Crippen LogP contribution < -0.4 is 5.32 Å². The fourth-order valence-corrected chi connectivity index (χ4v) is 2.28. The van der Waals surface area contributed by atoms with E-state index in [0.29, 0.717) is 0 Å². The molecule has 0 atom stereocenters. The summed E-state index contributed by atoms with van der Waals surface area (Å²) < 4.78 is 13.4. The summed E-state index contributed by atoms with van der Waals surface area (Å²) in [5, 5.41) is 4.30. The molecular formula is C15H19FN2. The molecule has 96 valence electrons. The van der Waals surface area contributed by atoms with Gasteiger partial charge in [-0.05, 0) is 43.5 Å². The lowest BCUT2D eigenvalue weighted by molar-refractivity contribution is 0.629. The first-order chi connectivity index (χ1) is 8.67. The Balaban J connectivity index is 2.68. The summed E-state index contributed by atoms with van der Waals surface area (Å²) in [4.78, 5) is 4.55. The largest absolute Gasteiger partial charge is 0.384 e. The summed E-state index contributed by atoms with van der Waals surface area (Å²) in [6.07, 6.45) is 1.94. The smallest absolute Gasteiger partial charge is 0.124 e. The second-order valence-corrected chi connectivity index (χ2v) is 4.49. The van der Waals surface area contributed by atoms with Crippen molar-refractivity contribution in [3.05, 3.63) is 35.3 Å². The molecule has 0 radical (unpaired) electrons. The van der Waals surface area contributed by atoms with Crippen molar-refractivity contribution in [1.29, 1.82) is 0 Å². The zero-order chi connectivity index (χ0) is 13.1. The number of benzene rings is 1. The maximum atomic E-state index is 13.4. The molecule has 0 saturated heterocycles. The van der Waals surface area contributed by atoms with Crippen molar-refractivity contribution in [2.45, 2.75) is 33.6 Å². The van der Waals surface area contributed by atoms with Gasteiger partial charge in [-0.25, -0.2) is 4.39 Å². The number of hydrogen-bond acceptors (Lipinski definition) is 2. The Hall–Kier alpha value is -1.64. The minimum Gasteiger partial charge on any atom is -0.384 e. The molecule has 0 bridgehead atoms. The van der Waals surface area contributed by atoms with Gasteiger partial charge < -0.3 is 5.32 Å². The summed E-state index contributed by atoms with van der Waals surface area (Å²) in [5.74, 6) is -0.213. The predicted molar refractivity (Wildman–Crippen MR) is 74.6 cm³/mol. The number of rotatable bonds is 4. The van der Waals surface area contributed by atoms with Gasteiger partial charge in [0.2, 0.25) is 0 Å². The maximum absolute atomic E-state index is 13.4. The lowest BCUT2D eigenvalue weighted by Gasteiger charge is -2.15. The van der Waals surface area contributed by atoms with Gasteiger partial charge >= 0.3 is 0 Å². The van der Waals surface area contributed by atoms with Crippen molar-refractivity contribution < 1.29 is 4.39 Å². The number of nitrogens with zero attached hydrogens (tertiary/aromatic N) is 1. The fourth-order valence-electron chi connectivity index (χ4n) is 2.28. The van der Waals surface area contributed by atoms with Crippen molar-refractivity contribution in [3.63, 3.8) is 0 Å². The normalized spacial score (nSPS) is 10.9. The first-order valence-corrected chi connectivity index (χ1v) is 6.50. The predicted octanol–water partition coefficient (Wildman–Crippen LogP) is 4.07. The summed E-state index contributed by atoms with van der Waals surface area (Å²) in [6.45, 7) is 7.13. The van der Waals surface area contributed by atoms with E-state index < -0.39 is 0 Å². The van der Waals surface area contributed by atoms with Crippen LogP contribution in [0.15, 0.2) is 18.2 Å². The Bertz CT molecular complexity index is 564. The highest BCUT2D eigenvalue weighted by molar-refractivity contribution is 5.93. The van der Waals surface area contributed by atoms with Crippen molar-refractivity contribution in [3.8, 4) is 0 Å². The van der Waals surface area contributed by atoms with Gasteiger partial charge in [-0.15, -0.1) is 0 Å². The highest BCUT2D eigenvalue weighted by Gasteiger charge is 2.11. The van der Waals surface area contributed by atoms with E-state index in [9.17, 15) is 4.39 Å². The second-order valence-electron chi connectivity index (χ2n) is 4.49. The Morgan fingerprint density at radius 1 is 1.28 bits per heavy atom. The second kappa shape index (κ2) is 5.34. The third-order valence-electron chi connectivity index (χ3n) is 3.16. The monoisotopic (exact) mass is 246 g/mol. The molecule has 0 aliphatic carbocycles. The average molecular weight is 246 g/mol. The van der Waals surface area contributed by atoms with Crippen LogP contribution in [0.1, 0.15) is 31.5 Å². The first kappa shape index (κ1) is 12.8. The fraction of sp³-hybridized carbons (Fsp3) is 0.400. The van der Waals surface area contributed by atoms with Crippen LogP contribution in [0.3, 0.4) is 0 Å². The number of fused-ring (bicyclic) bond motifs is 1. The molecule has 1 aromatic carbocycles. The number of aromatic nitrogens is 1. The maximum Gasteiger partial charge on any atom is 0.124 e. The molecule has 2 rings (SSSR count). The number of hydrogen-bond donors (Lipinski definition) is 1. The van der Waals surface area contributed by atoms with Gasteiger partial charge in [-0.2, -0.15) is 0 Å². The molecule has 0 saturated carbocycles. The van der Waals surface area contributed by atoms with Crippen LogP contribution in [0, 0.1) is 12.7 Å². The van der Waals surface area contributed by atoms with Crippen molar-refractivity contribution >= 4 is 16.6 Å². The zero-order valence-corrected chi connectivity index (χ0v) is 11.2. The van der Waals surface area contributed by atoms with E-state index >= 15 is 0 Å². The first-order valence-electron chi connectivity index (χ1n) is 6.50. The van der Waals surface area contributed by atoms with Crippen LogP contribution >= 0.6 is 0 Å². The molecule has 0 fully saturated rings. The minimum atomic E-state index is -0.213. The zero-order valence-electron chi connectivity index (χ0n) is 11.2. The topological polar surface area (TPSA) is 24.9 Å². The van der Waals surface area contributed by atoms with E-state index in [-0.39, 0.29) is 5.82 Å². The summed E-state index contributed by atoms with van der Waals surface area (Å²) in [5.41, 5.74) is 4.10. The summed E-state index contributed by atoms with van der Waals surface area (Å²) >= 11 is 0. The Morgan fingerprint density at radius 2 is 2.06 bits per heavy atom. The van der Waals surface area contributed by atoms with E-state index in [0.717, 1.165) is 41.7 Å². The molecule has 0 aliphatic rings. The molecular weight excluding hydrogens is 227 g/mol. The highest BCUT2D eigenvalue weighted by atomic mass is 19.1. The Labute approximate surface area is 107 Å². The van der Waals surface area contributed by atoms with E-state index in [1.54, 1.807) is 12.1 Å². The molecule has 1 aromatic heterocycles. The van der Waals surface area contributed by atoms with E-state index in [4.69, 9.17) is 0 Å². The molecule has 1 heterocycles. The Kier molecular flexibility index (Phi) is 3.80. The number of nitrogens with one attached hydrogen (secondary N) is 1. The number of halogens is 1. The molecule has 3 heteroatoms. The van der Waals surface area contributed by atoms with Crippen LogP contribution in [0.2, 0.25) is 0 Å². The number of anilines is 1. The highest BCUT2D eigenvalue weighted by Crippen LogP contribution is 2.29. The SMILES string of the molecule is CCCNc1c(CC)c(C)nc2ccc(F)cc12. The summed E-state index contributed by atoms with van der Waals surface area (Å²) in [7, 11) is 0. The lowest BCUT2D eigenvalue weighted by Crippen LogP contribution is -2.06. The quantitative estimate of drug-likeness (QED) is 0.879. The Morgan fingerprint density at radius 3 is 2.72 bits per heavy atom. The van der Waals surface area contributed by atoms with E-state index in [1.807, 2.05) is 6.92 Å². The third-order valence-corrected chi connectivity index (χ3v) is 3.16. The number of aryl methyl sites for hydroxylation is 1. The molecule has 2 aromatic rings. The molecule has 18 heavy (non-hydrogen) atoms. The number of pyridine rings is 1. The molecule has 2 nitrogen and oxygen atoms in total. The van der Waals surface area contributed by atoms with Crippen LogP contribution in [0.25, 0.3) is 10.9 Å². The van der Waals surface area contributed by atoms with Crippen LogP contribution in [-0.4, -0.2) is 11.5 Å². The van der Waals surface area contributed by atoms with Gasteiger partial charge in [0.25, 0.3) is 0 Å². The van der Waals surface area contributed by atoms with Gasteiger partial charge in [-0.1, -0.05) is 13.8 Å². The van der Waals surface area contributed by atoms with Crippen molar-refractivity contribution in [1.82, 2.24) is 4.98 Å². The van der Waals surface area contributed by atoms with Gasteiger partial charge in [0.1, 0.15) is 5.82 Å². The van der Waals surface area contributed by atoms with E-state index in [1.165, 1.54) is 11.6 Å². The van der Waals surface area contributed by atoms with Crippen molar-refractivity contribution in [2.24, 2.45) is 0 Å². The van der Waals surface area contributed by atoms with Crippen LogP contribution in [0.4, 0.5) is 10.1 Å². The molecule has 0 unspecified atom stereocenters. The molecule has 1 N–H and O–H groups in total. The van der Waals surface area contributed by atoms with E-state index in [2.05, 4.69) is 24.1 Å². The van der Waals surface area contributed by atoms with Gasteiger partial charge in [-0.3, -0.25) is 4.98 Å². The third kappa shape index (κ3) is 2.30. The molecule has 0 spiro atoms. The molecule has 0 amide bonds. The summed E-state index contributed by atoms with van der Waals surface area (Å²) in [6, 6.07) is 4.77. The van der Waals surface area contributed by atoms with Crippen LogP contribution in [0.5, 0.6) is 0 Å². The standard InChI is InChI=1S/C15H19FN2/c1-4-8-17-15-12(5-2)10(3)18-14-7-6-11(16)9-13(14)15/h6-7,9H,4-5,8H2,1-3H3,(H,17,18). The molecule has 0 aliphatic heterocycles. The lowest BCUT2D eigenvalue weighted by atomic mass is 10.0.